The summed E-state index contributed by atoms with van der Waals surface area (Å²) >= 11 is 3.62. The number of hydrogen-bond acceptors (Lipinski definition) is 2. The summed E-state index contributed by atoms with van der Waals surface area (Å²) in [5.74, 6) is 0. The van der Waals surface area contributed by atoms with Gasteiger partial charge in [0.2, 0.25) is 0 Å². The highest BCUT2D eigenvalue weighted by molar-refractivity contribution is 9.10. The maximum Gasteiger partial charge on any atom is 0.0332 e. The fourth-order valence-electron chi connectivity index (χ4n) is 2.08. The molecule has 2 nitrogen and oxygen atoms in total. The monoisotopic (exact) mass is 340 g/mol. The molecule has 0 aromatic heterocycles. The van der Waals surface area contributed by atoms with Gasteiger partial charge in [0.25, 0.3) is 0 Å². The Hall–Kier alpha value is 0.200. The molecule has 1 aliphatic rings. The van der Waals surface area contributed by atoms with Gasteiger partial charge in [-0.25, -0.2) is 0 Å². The Bertz CT molecular complexity index is 330. The van der Waals surface area contributed by atoms with Crippen molar-refractivity contribution in [1.82, 2.24) is 10.2 Å². The lowest BCUT2D eigenvalue weighted by atomic mass is 10.1. The molecule has 1 aliphatic heterocycles. The summed E-state index contributed by atoms with van der Waals surface area (Å²) in [7, 11) is 0. The summed E-state index contributed by atoms with van der Waals surface area (Å²) < 4.78 is 1.22. The average molecular weight is 342 g/mol. The number of halogens is 3. The number of nitrogens with one attached hydrogen (secondary N) is 1. The van der Waals surface area contributed by atoms with Gasteiger partial charge in [0.15, 0.2) is 0 Å². The van der Waals surface area contributed by atoms with Crippen molar-refractivity contribution in [3.63, 3.8) is 0 Å². The molecule has 2 rings (SSSR count). The molecule has 1 fully saturated rings. The quantitative estimate of drug-likeness (QED) is 0.888. The maximum absolute atomic E-state index is 3.62. The fourth-order valence-corrected chi connectivity index (χ4v) is 2.70. The molecule has 0 bridgehead atoms. The van der Waals surface area contributed by atoms with Crippen LogP contribution in [0.15, 0.2) is 28.7 Å². The van der Waals surface area contributed by atoms with Gasteiger partial charge in [0, 0.05) is 36.7 Å². The summed E-state index contributed by atoms with van der Waals surface area (Å²) in [5, 5.41) is 3.38. The third-order valence-corrected chi connectivity index (χ3v) is 3.78. The first kappa shape index (κ1) is 17.2. The zero-order valence-electron chi connectivity index (χ0n) is 9.86. The van der Waals surface area contributed by atoms with E-state index in [2.05, 4.69) is 57.3 Å². The molecule has 0 saturated carbocycles. The van der Waals surface area contributed by atoms with Crippen molar-refractivity contribution in [2.45, 2.75) is 13.0 Å². The van der Waals surface area contributed by atoms with E-state index in [9.17, 15) is 0 Å². The van der Waals surface area contributed by atoms with Gasteiger partial charge in [0.05, 0.1) is 0 Å². The molecule has 0 amide bonds. The van der Waals surface area contributed by atoms with Crippen LogP contribution in [0.4, 0.5) is 0 Å². The summed E-state index contributed by atoms with van der Waals surface area (Å²) in [5.41, 5.74) is 1.39. The zero-order chi connectivity index (χ0) is 10.7. The number of benzene rings is 1. The molecule has 0 unspecified atom stereocenters. The van der Waals surface area contributed by atoms with Crippen molar-refractivity contribution < 1.29 is 0 Å². The molecule has 0 aliphatic carbocycles. The second-order valence-corrected chi connectivity index (χ2v) is 4.84. The van der Waals surface area contributed by atoms with E-state index in [-0.39, 0.29) is 24.8 Å². The minimum atomic E-state index is 0. The highest BCUT2D eigenvalue weighted by Gasteiger charge is 2.18. The number of hydrogen-bond donors (Lipinski definition) is 1. The first-order valence-corrected chi connectivity index (χ1v) is 6.27. The summed E-state index contributed by atoms with van der Waals surface area (Å²) in [4.78, 5) is 2.52. The molecule has 98 valence electrons. The van der Waals surface area contributed by atoms with E-state index in [1.807, 2.05) is 0 Å². The van der Waals surface area contributed by atoms with Crippen LogP contribution < -0.4 is 5.32 Å². The van der Waals surface area contributed by atoms with Crippen LogP contribution in [0, 0.1) is 0 Å². The minimum Gasteiger partial charge on any atom is -0.314 e. The average Bonchev–Trinajstić information content (AvgIpc) is 2.30. The summed E-state index contributed by atoms with van der Waals surface area (Å²) in [6, 6.07) is 9.00. The van der Waals surface area contributed by atoms with Crippen molar-refractivity contribution in [1.29, 1.82) is 0 Å². The van der Waals surface area contributed by atoms with Crippen LogP contribution in [0.5, 0.6) is 0 Å². The molecule has 0 radical (unpaired) electrons. The van der Waals surface area contributed by atoms with Gasteiger partial charge >= 0.3 is 0 Å². The van der Waals surface area contributed by atoms with Crippen molar-refractivity contribution in [3.8, 4) is 0 Å². The normalized spacial score (nSPS) is 17.8. The lowest BCUT2D eigenvalue weighted by molar-refractivity contribution is 0.185. The predicted molar refractivity (Wildman–Crippen MR) is 81.5 cm³/mol. The topological polar surface area (TPSA) is 15.3 Å². The largest absolute Gasteiger partial charge is 0.314 e. The third-order valence-electron chi connectivity index (χ3n) is 3.05. The van der Waals surface area contributed by atoms with Crippen molar-refractivity contribution in [2.24, 2.45) is 0 Å². The standard InChI is InChI=1S/C12H17BrN2.2ClH/c1-10(15-8-6-14-7-9-15)11-4-2-3-5-12(11)13;;/h2-5,10,14H,6-9H2,1H3;2*1H/t10-;;/m1../s1. The van der Waals surface area contributed by atoms with Crippen LogP contribution in [0.3, 0.4) is 0 Å². The Balaban J connectivity index is 0.00000128. The van der Waals surface area contributed by atoms with Gasteiger partial charge in [-0.05, 0) is 18.6 Å². The number of rotatable bonds is 2. The molecule has 17 heavy (non-hydrogen) atoms. The first-order chi connectivity index (χ1) is 7.29. The molecule has 1 N–H and O–H groups in total. The lowest BCUT2D eigenvalue weighted by Gasteiger charge is -2.33. The van der Waals surface area contributed by atoms with E-state index < -0.39 is 0 Å². The van der Waals surface area contributed by atoms with Crippen molar-refractivity contribution in [2.75, 3.05) is 26.2 Å². The number of piperazine rings is 1. The van der Waals surface area contributed by atoms with Crippen LogP contribution in [0.25, 0.3) is 0 Å². The lowest BCUT2D eigenvalue weighted by Crippen LogP contribution is -2.44. The third kappa shape index (κ3) is 4.42. The summed E-state index contributed by atoms with van der Waals surface area (Å²) in [6.45, 7) is 6.78. The molecule has 5 heteroatoms. The Labute approximate surface area is 124 Å². The van der Waals surface area contributed by atoms with Crippen molar-refractivity contribution in [3.05, 3.63) is 34.3 Å². The minimum absolute atomic E-state index is 0. The van der Waals surface area contributed by atoms with E-state index in [0.29, 0.717) is 6.04 Å². The maximum atomic E-state index is 3.62. The Kier molecular flexibility index (Phi) is 8.43. The van der Waals surface area contributed by atoms with Gasteiger partial charge in [-0.15, -0.1) is 24.8 Å². The Morgan fingerprint density at radius 1 is 1.18 bits per heavy atom. The van der Waals surface area contributed by atoms with Gasteiger partial charge in [-0.2, -0.15) is 0 Å². The Morgan fingerprint density at radius 2 is 1.76 bits per heavy atom. The molecule has 1 aromatic carbocycles. The first-order valence-electron chi connectivity index (χ1n) is 5.48. The van der Waals surface area contributed by atoms with Gasteiger partial charge in [-0.1, -0.05) is 34.1 Å². The molecule has 0 spiro atoms. The van der Waals surface area contributed by atoms with Gasteiger partial charge in [0.1, 0.15) is 0 Å². The number of nitrogens with zero attached hydrogens (tertiary/aromatic N) is 1. The second-order valence-electron chi connectivity index (χ2n) is 3.98. The van der Waals surface area contributed by atoms with Crippen LogP contribution >= 0.6 is 40.7 Å². The molecular weight excluding hydrogens is 323 g/mol. The zero-order valence-corrected chi connectivity index (χ0v) is 13.1. The molecule has 1 saturated heterocycles. The van der Waals surface area contributed by atoms with E-state index >= 15 is 0 Å². The molecule has 1 heterocycles. The predicted octanol–water partition coefficient (Wildman–Crippen LogP) is 3.26. The van der Waals surface area contributed by atoms with Gasteiger partial charge < -0.3 is 5.32 Å². The fraction of sp³-hybridized carbons (Fsp3) is 0.500. The van der Waals surface area contributed by atoms with E-state index in [1.165, 1.54) is 10.0 Å². The van der Waals surface area contributed by atoms with E-state index in [4.69, 9.17) is 0 Å². The summed E-state index contributed by atoms with van der Waals surface area (Å²) in [6.07, 6.45) is 0. The van der Waals surface area contributed by atoms with E-state index in [0.717, 1.165) is 26.2 Å². The van der Waals surface area contributed by atoms with Crippen molar-refractivity contribution >= 4 is 40.7 Å². The molecule has 1 aromatic rings. The van der Waals surface area contributed by atoms with Crippen LogP contribution in [-0.2, 0) is 0 Å². The van der Waals surface area contributed by atoms with Crippen LogP contribution in [0.1, 0.15) is 18.5 Å². The smallest absolute Gasteiger partial charge is 0.0332 e. The SMILES string of the molecule is C[C@H](c1ccccc1Br)N1CCNCC1.Cl.Cl. The van der Waals surface area contributed by atoms with E-state index in [1.54, 1.807) is 0 Å². The van der Waals surface area contributed by atoms with Crippen LogP contribution in [0.2, 0.25) is 0 Å². The molecular formula is C12H19BrCl2N2. The highest BCUT2D eigenvalue weighted by atomic mass is 79.9. The highest BCUT2D eigenvalue weighted by Crippen LogP contribution is 2.27. The Morgan fingerprint density at radius 3 is 2.35 bits per heavy atom. The van der Waals surface area contributed by atoms with Gasteiger partial charge in [-0.3, -0.25) is 4.90 Å². The molecule has 1 atom stereocenters. The second kappa shape index (κ2) is 8.33. The van der Waals surface area contributed by atoms with Crippen LogP contribution in [-0.4, -0.2) is 31.1 Å².